The van der Waals surface area contributed by atoms with Gasteiger partial charge in [0.05, 0.1) is 15.5 Å². The third-order valence-electron chi connectivity index (χ3n) is 2.32. The summed E-state index contributed by atoms with van der Waals surface area (Å²) in [7, 11) is -4.36. The Labute approximate surface area is 124 Å². The Morgan fingerprint density at radius 2 is 1.76 bits per heavy atom. The number of rotatable bonds is 6. The number of halogens is 1. The summed E-state index contributed by atoms with van der Waals surface area (Å²) in [5.74, 6) is -3.00. The minimum Gasteiger partial charge on any atom is -0.480 e. The number of hydrogen-bond donors (Lipinski definition) is 2. The molecule has 0 amide bonds. The summed E-state index contributed by atoms with van der Waals surface area (Å²) in [6.07, 6.45) is 0. The lowest BCUT2D eigenvalue weighted by atomic mass is 10.2. The van der Waals surface area contributed by atoms with E-state index in [0.29, 0.717) is 0 Å². The Kier molecular flexibility index (Phi) is 5.26. The Hall–Kier alpha value is -2.15. The topological polar surface area (TPSA) is 136 Å². The van der Waals surface area contributed by atoms with E-state index in [4.69, 9.17) is 27.1 Å². The molecule has 0 bridgehead atoms. The lowest BCUT2D eigenvalue weighted by Gasteiger charge is -2.18. The van der Waals surface area contributed by atoms with Crippen LogP contribution in [0.4, 0.5) is 0 Å². The highest BCUT2D eigenvalue weighted by Crippen LogP contribution is 2.22. The fourth-order valence-corrected chi connectivity index (χ4v) is 3.08. The van der Waals surface area contributed by atoms with Gasteiger partial charge in [0.15, 0.2) is 0 Å². The largest absolute Gasteiger partial charge is 0.480 e. The van der Waals surface area contributed by atoms with Crippen LogP contribution in [0.5, 0.6) is 0 Å². The average molecular weight is 333 g/mol. The standard InChI is InChI=1S/C11H9ClN2O6S/c12-9-3-8(2-1-7(9)4-13)21(19,20)14(5-10(15)16)6-11(17)18/h1-3H,5-6H2,(H,15,16)(H,17,18). The van der Waals surface area contributed by atoms with Crippen molar-refractivity contribution in [2.24, 2.45) is 0 Å². The maximum absolute atomic E-state index is 12.2. The van der Waals surface area contributed by atoms with Crippen LogP contribution >= 0.6 is 11.6 Å². The highest BCUT2D eigenvalue weighted by molar-refractivity contribution is 7.89. The first kappa shape index (κ1) is 16.9. The van der Waals surface area contributed by atoms with Crippen molar-refractivity contribution in [2.45, 2.75) is 4.90 Å². The van der Waals surface area contributed by atoms with E-state index in [1.165, 1.54) is 0 Å². The smallest absolute Gasteiger partial charge is 0.318 e. The summed E-state index contributed by atoms with van der Waals surface area (Å²) in [4.78, 5) is 20.9. The van der Waals surface area contributed by atoms with Gasteiger partial charge in [0, 0.05) is 0 Å². The molecular weight excluding hydrogens is 324 g/mol. The fourth-order valence-electron chi connectivity index (χ4n) is 1.42. The molecule has 1 aromatic carbocycles. The predicted molar refractivity (Wildman–Crippen MR) is 70.2 cm³/mol. The Bertz CT molecular complexity index is 709. The summed E-state index contributed by atoms with van der Waals surface area (Å²) in [5, 5.41) is 25.9. The van der Waals surface area contributed by atoms with Crippen molar-refractivity contribution in [2.75, 3.05) is 13.1 Å². The van der Waals surface area contributed by atoms with E-state index in [1.54, 1.807) is 6.07 Å². The van der Waals surface area contributed by atoms with Gasteiger partial charge in [0.25, 0.3) is 0 Å². The van der Waals surface area contributed by atoms with Gasteiger partial charge in [0.2, 0.25) is 10.0 Å². The molecule has 8 nitrogen and oxygen atoms in total. The molecule has 0 fully saturated rings. The molecule has 112 valence electrons. The SMILES string of the molecule is N#Cc1ccc(S(=O)(=O)N(CC(=O)O)CC(=O)O)cc1Cl. The van der Waals surface area contributed by atoms with E-state index < -0.39 is 39.9 Å². The van der Waals surface area contributed by atoms with Gasteiger partial charge in [-0.15, -0.1) is 0 Å². The number of nitrogens with zero attached hydrogens (tertiary/aromatic N) is 2. The molecule has 0 spiro atoms. The number of nitriles is 1. The van der Waals surface area contributed by atoms with Crippen molar-refractivity contribution < 1.29 is 28.2 Å². The van der Waals surface area contributed by atoms with Crippen LogP contribution < -0.4 is 0 Å². The van der Waals surface area contributed by atoms with Crippen molar-refractivity contribution in [3.8, 4) is 6.07 Å². The molecule has 0 saturated heterocycles. The van der Waals surface area contributed by atoms with E-state index in [0.717, 1.165) is 18.2 Å². The first-order valence-corrected chi connectivity index (χ1v) is 7.13. The van der Waals surface area contributed by atoms with Crippen LogP contribution in [-0.2, 0) is 19.6 Å². The number of aliphatic carboxylic acids is 2. The van der Waals surface area contributed by atoms with Crippen LogP contribution in [0.1, 0.15) is 5.56 Å². The number of carboxylic acids is 2. The molecule has 0 atom stereocenters. The second-order valence-corrected chi connectivity index (χ2v) is 6.16. The lowest BCUT2D eigenvalue weighted by molar-refractivity contribution is -0.139. The average Bonchev–Trinajstić information content (AvgIpc) is 2.36. The van der Waals surface area contributed by atoms with E-state index in [2.05, 4.69) is 0 Å². The molecule has 0 saturated carbocycles. The molecule has 0 radical (unpaired) electrons. The number of carbonyl (C=O) groups is 2. The minimum atomic E-state index is -4.36. The van der Waals surface area contributed by atoms with Crippen LogP contribution in [0.15, 0.2) is 23.1 Å². The molecule has 2 N–H and O–H groups in total. The summed E-state index contributed by atoms with van der Waals surface area (Å²) in [6, 6.07) is 4.90. The van der Waals surface area contributed by atoms with Crippen LogP contribution in [0.2, 0.25) is 5.02 Å². The van der Waals surface area contributed by atoms with Crippen molar-refractivity contribution in [3.05, 3.63) is 28.8 Å². The van der Waals surface area contributed by atoms with Gasteiger partial charge in [-0.25, -0.2) is 8.42 Å². The molecule has 10 heteroatoms. The van der Waals surface area contributed by atoms with Gasteiger partial charge in [-0.05, 0) is 18.2 Å². The molecule has 21 heavy (non-hydrogen) atoms. The fraction of sp³-hybridized carbons (Fsp3) is 0.182. The molecule has 0 aliphatic carbocycles. The molecule has 0 aliphatic heterocycles. The first-order chi connectivity index (χ1) is 9.68. The monoisotopic (exact) mass is 332 g/mol. The highest BCUT2D eigenvalue weighted by Gasteiger charge is 2.29. The molecule has 0 aromatic heterocycles. The van der Waals surface area contributed by atoms with Crippen molar-refractivity contribution in [1.29, 1.82) is 5.26 Å². The van der Waals surface area contributed by atoms with Crippen molar-refractivity contribution in [3.63, 3.8) is 0 Å². The second-order valence-electron chi connectivity index (χ2n) is 3.81. The van der Waals surface area contributed by atoms with Crippen LogP contribution in [0.25, 0.3) is 0 Å². The summed E-state index contributed by atoms with van der Waals surface area (Å²) < 4.78 is 24.7. The van der Waals surface area contributed by atoms with Gasteiger partial charge >= 0.3 is 11.9 Å². The van der Waals surface area contributed by atoms with E-state index in [9.17, 15) is 18.0 Å². The van der Waals surface area contributed by atoms with Gasteiger partial charge in [-0.1, -0.05) is 11.6 Å². The lowest BCUT2D eigenvalue weighted by Crippen LogP contribution is -2.39. The zero-order valence-corrected chi connectivity index (χ0v) is 11.9. The van der Waals surface area contributed by atoms with E-state index in [-0.39, 0.29) is 14.9 Å². The number of carboxylic acid groups (broad SMARTS) is 2. The van der Waals surface area contributed by atoms with Gasteiger partial charge in [0.1, 0.15) is 19.2 Å². The van der Waals surface area contributed by atoms with Crippen LogP contribution in [-0.4, -0.2) is 48.0 Å². The normalized spacial score (nSPS) is 11.1. The van der Waals surface area contributed by atoms with Gasteiger partial charge < -0.3 is 10.2 Å². The van der Waals surface area contributed by atoms with Crippen LogP contribution in [0.3, 0.4) is 0 Å². The third-order valence-corrected chi connectivity index (χ3v) is 4.42. The van der Waals surface area contributed by atoms with Crippen LogP contribution in [0, 0.1) is 11.3 Å². The highest BCUT2D eigenvalue weighted by atomic mass is 35.5. The Morgan fingerprint density at radius 3 is 2.14 bits per heavy atom. The third kappa shape index (κ3) is 4.16. The number of hydrogen-bond acceptors (Lipinski definition) is 5. The molecule has 0 unspecified atom stereocenters. The molecular formula is C11H9ClN2O6S. The van der Waals surface area contributed by atoms with E-state index in [1.807, 2.05) is 0 Å². The summed E-state index contributed by atoms with van der Waals surface area (Å²) in [5.41, 5.74) is 0.0404. The molecule has 0 heterocycles. The van der Waals surface area contributed by atoms with Crippen molar-refractivity contribution in [1.82, 2.24) is 4.31 Å². The molecule has 0 aliphatic rings. The van der Waals surface area contributed by atoms with Gasteiger partial charge in [-0.2, -0.15) is 9.57 Å². The number of sulfonamides is 1. The quantitative estimate of drug-likeness (QED) is 0.768. The maximum atomic E-state index is 12.2. The second kappa shape index (κ2) is 6.53. The minimum absolute atomic E-state index is 0.0404. The molecule has 1 aromatic rings. The predicted octanol–water partition coefficient (Wildman–Crippen LogP) is 0.372. The van der Waals surface area contributed by atoms with E-state index >= 15 is 0 Å². The zero-order chi connectivity index (χ0) is 16.2. The number of benzene rings is 1. The zero-order valence-electron chi connectivity index (χ0n) is 10.4. The van der Waals surface area contributed by atoms with Gasteiger partial charge in [-0.3, -0.25) is 9.59 Å². The summed E-state index contributed by atoms with van der Waals surface area (Å²) >= 11 is 5.71. The molecule has 1 rings (SSSR count). The summed E-state index contributed by atoms with van der Waals surface area (Å²) in [6.45, 7) is -2.02. The Balaban J connectivity index is 3.28. The maximum Gasteiger partial charge on any atom is 0.318 e. The van der Waals surface area contributed by atoms with Crippen molar-refractivity contribution >= 4 is 33.6 Å². The first-order valence-electron chi connectivity index (χ1n) is 5.32. The Morgan fingerprint density at radius 1 is 1.24 bits per heavy atom.